The number of hydrogen-bond donors (Lipinski definition) is 0. The maximum Gasteiger partial charge on any atom is 0.338 e. The molecule has 0 atom stereocenters. The Labute approximate surface area is 256 Å². The molecule has 44 heavy (non-hydrogen) atoms. The van der Waals surface area contributed by atoms with E-state index in [0.29, 0.717) is 53.7 Å². The highest BCUT2D eigenvalue weighted by Crippen LogP contribution is 2.36. The summed E-state index contributed by atoms with van der Waals surface area (Å²) in [4.78, 5) is 46.9. The minimum absolute atomic E-state index is 0.217. The molecular weight excluding hydrogens is 554 g/mol. The number of hydrogen-bond acceptors (Lipinski definition) is 6. The zero-order valence-electron chi connectivity index (χ0n) is 25.1. The quantitative estimate of drug-likeness (QED) is 0.225. The lowest BCUT2D eigenvalue weighted by atomic mass is 9.73. The summed E-state index contributed by atoms with van der Waals surface area (Å²) in [6.07, 6.45) is 7.30. The first-order chi connectivity index (χ1) is 21.2. The molecule has 0 radical (unpaired) electrons. The smallest absolute Gasteiger partial charge is 0.338 e. The number of carbonyl (C=O) groups is 3. The minimum atomic E-state index is -0.416. The second kappa shape index (κ2) is 11.5. The van der Waals surface area contributed by atoms with Crippen molar-refractivity contribution in [3.63, 3.8) is 0 Å². The standard InChI is InChI=1S/C36H33N3O5/c1-5-36(25-9-7-6-8-10-25)15-17-39(18-16-36)34(41)32-20-29(33(40)38(3)4)28-19-26(12-14-31(28)37-32)43-21-24-11-13-27-30(23(24)2)22-44-35(27)42/h1,6-14,19-20H,15-18,21-22H2,2-4H3. The molecule has 0 saturated carbocycles. The first-order valence-electron chi connectivity index (χ1n) is 14.6. The molecule has 8 heteroatoms. The van der Waals surface area contributed by atoms with E-state index in [1.807, 2.05) is 43.3 Å². The van der Waals surface area contributed by atoms with Crippen LogP contribution in [-0.2, 0) is 23.4 Å². The first kappa shape index (κ1) is 28.9. The van der Waals surface area contributed by atoms with Crippen LogP contribution < -0.4 is 4.74 Å². The molecule has 222 valence electrons. The van der Waals surface area contributed by atoms with Gasteiger partial charge in [0.15, 0.2) is 0 Å². The number of piperidine rings is 1. The van der Waals surface area contributed by atoms with Gasteiger partial charge in [-0.25, -0.2) is 9.78 Å². The molecule has 2 aliphatic heterocycles. The maximum atomic E-state index is 13.7. The van der Waals surface area contributed by atoms with Crippen molar-refractivity contribution in [2.45, 2.75) is 38.4 Å². The van der Waals surface area contributed by atoms with Crippen molar-refractivity contribution in [3.05, 3.63) is 106 Å². The number of fused-ring (bicyclic) bond motifs is 2. The van der Waals surface area contributed by atoms with Crippen molar-refractivity contribution in [2.24, 2.45) is 0 Å². The van der Waals surface area contributed by atoms with Crippen molar-refractivity contribution in [2.75, 3.05) is 27.2 Å². The predicted octanol–water partition coefficient (Wildman–Crippen LogP) is 5.30. The van der Waals surface area contributed by atoms with Crippen LogP contribution in [0, 0.1) is 19.3 Å². The fourth-order valence-corrected chi connectivity index (χ4v) is 6.06. The van der Waals surface area contributed by atoms with Gasteiger partial charge in [-0.2, -0.15) is 0 Å². The third kappa shape index (κ3) is 5.15. The maximum absolute atomic E-state index is 13.7. The lowest BCUT2D eigenvalue weighted by molar-refractivity contribution is 0.0534. The monoisotopic (exact) mass is 587 g/mol. The fourth-order valence-electron chi connectivity index (χ4n) is 6.06. The Hall–Kier alpha value is -5.16. The summed E-state index contributed by atoms with van der Waals surface area (Å²) < 4.78 is 11.3. The number of aromatic nitrogens is 1. The van der Waals surface area contributed by atoms with E-state index in [1.165, 1.54) is 4.90 Å². The number of likely N-dealkylation sites (tertiary alicyclic amines) is 1. The first-order valence-corrected chi connectivity index (χ1v) is 14.6. The van der Waals surface area contributed by atoms with Crippen LogP contribution in [0.5, 0.6) is 5.75 Å². The second-order valence-corrected chi connectivity index (χ2v) is 11.6. The van der Waals surface area contributed by atoms with Gasteiger partial charge in [-0.1, -0.05) is 42.3 Å². The number of nitrogens with zero attached hydrogens (tertiary/aromatic N) is 3. The molecule has 0 N–H and O–H groups in total. The molecule has 0 spiro atoms. The van der Waals surface area contributed by atoms with Crippen LogP contribution in [0.25, 0.3) is 10.9 Å². The Morgan fingerprint density at radius 2 is 1.82 bits per heavy atom. The number of benzene rings is 3. The number of rotatable bonds is 6. The van der Waals surface area contributed by atoms with Crippen LogP contribution in [0.3, 0.4) is 0 Å². The Bertz CT molecular complexity index is 1830. The normalized spacial score (nSPS) is 15.3. The van der Waals surface area contributed by atoms with Crippen LogP contribution in [0.15, 0.2) is 66.7 Å². The molecule has 3 heterocycles. The predicted molar refractivity (Wildman–Crippen MR) is 166 cm³/mol. The fraction of sp³-hybridized carbons (Fsp3) is 0.278. The number of amides is 2. The van der Waals surface area contributed by atoms with E-state index in [-0.39, 0.29) is 36.7 Å². The van der Waals surface area contributed by atoms with E-state index in [0.717, 1.165) is 22.3 Å². The molecule has 8 nitrogen and oxygen atoms in total. The number of esters is 1. The van der Waals surface area contributed by atoms with Crippen molar-refractivity contribution < 1.29 is 23.9 Å². The topological polar surface area (TPSA) is 89.0 Å². The minimum Gasteiger partial charge on any atom is -0.489 e. The third-order valence-electron chi connectivity index (χ3n) is 8.82. The molecule has 0 aliphatic carbocycles. The highest BCUT2D eigenvalue weighted by atomic mass is 16.5. The van der Waals surface area contributed by atoms with Crippen molar-refractivity contribution >= 4 is 28.7 Å². The summed E-state index contributed by atoms with van der Waals surface area (Å²) in [6, 6.07) is 20.6. The van der Waals surface area contributed by atoms with Gasteiger partial charge in [-0.15, -0.1) is 6.42 Å². The lowest BCUT2D eigenvalue weighted by Crippen LogP contribution is -2.45. The van der Waals surface area contributed by atoms with Gasteiger partial charge in [0.25, 0.3) is 11.8 Å². The van der Waals surface area contributed by atoms with Crippen LogP contribution >= 0.6 is 0 Å². The zero-order chi connectivity index (χ0) is 31.0. The molecule has 4 aromatic rings. The number of ether oxygens (including phenoxy) is 2. The van der Waals surface area contributed by atoms with Crippen molar-refractivity contribution in [1.29, 1.82) is 0 Å². The van der Waals surface area contributed by atoms with Crippen LogP contribution in [-0.4, -0.2) is 59.8 Å². The summed E-state index contributed by atoms with van der Waals surface area (Å²) >= 11 is 0. The zero-order valence-corrected chi connectivity index (χ0v) is 25.1. The second-order valence-electron chi connectivity index (χ2n) is 11.6. The van der Waals surface area contributed by atoms with Crippen LogP contribution in [0.2, 0.25) is 0 Å². The molecular formula is C36H33N3O5. The largest absolute Gasteiger partial charge is 0.489 e. The third-order valence-corrected chi connectivity index (χ3v) is 8.82. The Morgan fingerprint density at radius 1 is 1.07 bits per heavy atom. The number of cyclic esters (lactones) is 1. The van der Waals surface area contributed by atoms with E-state index < -0.39 is 5.41 Å². The van der Waals surface area contributed by atoms with Gasteiger partial charge in [0, 0.05) is 38.1 Å². The summed E-state index contributed by atoms with van der Waals surface area (Å²) in [5.41, 5.74) is 5.16. The summed E-state index contributed by atoms with van der Waals surface area (Å²) in [5, 5.41) is 0.594. The van der Waals surface area contributed by atoms with Crippen LogP contribution in [0.4, 0.5) is 0 Å². The number of terminal acetylenes is 1. The molecule has 0 bridgehead atoms. The van der Waals surface area contributed by atoms with Crippen molar-refractivity contribution in [3.8, 4) is 18.1 Å². The van der Waals surface area contributed by atoms with E-state index in [1.54, 1.807) is 49.3 Å². The van der Waals surface area contributed by atoms with Gasteiger partial charge >= 0.3 is 5.97 Å². The lowest BCUT2D eigenvalue weighted by Gasteiger charge is -2.38. The van der Waals surface area contributed by atoms with Gasteiger partial charge in [-0.3, -0.25) is 9.59 Å². The van der Waals surface area contributed by atoms with E-state index in [2.05, 4.69) is 10.9 Å². The molecule has 2 aliphatic rings. The molecule has 1 fully saturated rings. The SMILES string of the molecule is C#CC1(c2ccccc2)CCN(C(=O)c2cc(C(=O)N(C)C)c3cc(OCc4ccc5c(c4C)COC5=O)ccc3n2)CC1. The summed E-state index contributed by atoms with van der Waals surface area (Å²) in [6.45, 7) is 3.47. The van der Waals surface area contributed by atoms with Gasteiger partial charge < -0.3 is 19.3 Å². The summed E-state index contributed by atoms with van der Waals surface area (Å²) in [7, 11) is 3.35. The highest BCUT2D eigenvalue weighted by Gasteiger charge is 2.36. The Balaban J connectivity index is 1.25. The Kier molecular flexibility index (Phi) is 7.56. The van der Waals surface area contributed by atoms with Crippen LogP contribution in [0.1, 0.15) is 66.3 Å². The number of carbonyl (C=O) groups excluding carboxylic acids is 3. The van der Waals surface area contributed by atoms with Crippen molar-refractivity contribution in [1.82, 2.24) is 14.8 Å². The molecule has 2 amide bonds. The van der Waals surface area contributed by atoms with Gasteiger partial charge in [0.2, 0.25) is 0 Å². The molecule has 1 aromatic heterocycles. The number of pyridine rings is 1. The van der Waals surface area contributed by atoms with E-state index in [9.17, 15) is 14.4 Å². The Morgan fingerprint density at radius 3 is 2.52 bits per heavy atom. The molecule has 6 rings (SSSR count). The molecule has 3 aromatic carbocycles. The average molecular weight is 588 g/mol. The molecule has 1 saturated heterocycles. The van der Waals surface area contributed by atoms with E-state index >= 15 is 0 Å². The average Bonchev–Trinajstić information content (AvgIpc) is 3.44. The van der Waals surface area contributed by atoms with E-state index in [4.69, 9.17) is 15.9 Å². The molecule has 0 unspecified atom stereocenters. The van der Waals surface area contributed by atoms with Gasteiger partial charge in [-0.05, 0) is 66.8 Å². The van der Waals surface area contributed by atoms with Gasteiger partial charge in [0.1, 0.15) is 24.7 Å². The summed E-state index contributed by atoms with van der Waals surface area (Å²) in [5.74, 6) is 2.79. The highest BCUT2D eigenvalue weighted by molar-refractivity contribution is 6.08. The van der Waals surface area contributed by atoms with Gasteiger partial charge in [0.05, 0.1) is 22.1 Å².